The Morgan fingerprint density at radius 2 is 2.25 bits per heavy atom. The number of phenolic OH excluding ortho intramolecular Hbond substituents is 1. The van der Waals surface area contributed by atoms with Gasteiger partial charge in [0.2, 0.25) is 0 Å². The van der Waals surface area contributed by atoms with Crippen molar-refractivity contribution in [3.63, 3.8) is 0 Å². The van der Waals surface area contributed by atoms with Crippen LogP contribution in [0.3, 0.4) is 0 Å². The minimum Gasteiger partial charge on any atom is -0.508 e. The van der Waals surface area contributed by atoms with Crippen LogP contribution in [0, 0.1) is 0 Å². The molecule has 82 valence electrons. The highest BCUT2D eigenvalue weighted by molar-refractivity contribution is 6.38. The number of fused-ring (bicyclic) bond motifs is 1. The van der Waals surface area contributed by atoms with Gasteiger partial charge in [-0.25, -0.2) is 4.79 Å². The fourth-order valence-corrected chi connectivity index (χ4v) is 1.69. The fourth-order valence-electron chi connectivity index (χ4n) is 1.40. The Hall–Kier alpha value is -1.81. The Morgan fingerprint density at radius 3 is 2.94 bits per heavy atom. The van der Waals surface area contributed by atoms with Gasteiger partial charge in [-0.05, 0) is 12.1 Å². The van der Waals surface area contributed by atoms with Crippen molar-refractivity contribution >= 4 is 28.5 Å². The zero-order valence-electron chi connectivity index (χ0n) is 8.40. The number of phenols is 1. The number of hydrogen-bond acceptors (Lipinski definition) is 4. The Labute approximate surface area is 96.4 Å². The van der Waals surface area contributed by atoms with E-state index in [0.29, 0.717) is 10.9 Å². The molecule has 0 aliphatic rings. The zero-order valence-corrected chi connectivity index (χ0v) is 9.15. The van der Waals surface area contributed by atoms with E-state index in [0.717, 1.165) is 0 Å². The molecular weight excluding hydrogens is 230 g/mol. The molecule has 0 aliphatic heterocycles. The highest BCUT2D eigenvalue weighted by atomic mass is 35.5. The summed E-state index contributed by atoms with van der Waals surface area (Å²) in [6.07, 6.45) is 1.33. The number of carbonyl (C=O) groups is 1. The van der Waals surface area contributed by atoms with E-state index in [1.165, 1.54) is 25.4 Å². The molecular formula is C11H8ClNO3. The van der Waals surface area contributed by atoms with Crippen molar-refractivity contribution in [2.75, 3.05) is 7.11 Å². The second-order valence-electron chi connectivity index (χ2n) is 3.18. The first-order valence-electron chi connectivity index (χ1n) is 4.49. The molecule has 0 radical (unpaired) electrons. The van der Waals surface area contributed by atoms with Gasteiger partial charge in [0.1, 0.15) is 5.75 Å². The van der Waals surface area contributed by atoms with Crippen LogP contribution in [0.4, 0.5) is 0 Å². The zero-order chi connectivity index (χ0) is 11.7. The van der Waals surface area contributed by atoms with Crippen molar-refractivity contribution in [1.82, 2.24) is 4.98 Å². The van der Waals surface area contributed by atoms with Crippen LogP contribution in [0.1, 0.15) is 10.4 Å². The SMILES string of the molecule is COC(=O)c1cnc2cc(O)ccc2c1Cl. The van der Waals surface area contributed by atoms with Crippen LogP contribution in [0.15, 0.2) is 24.4 Å². The molecule has 4 nitrogen and oxygen atoms in total. The van der Waals surface area contributed by atoms with E-state index in [2.05, 4.69) is 9.72 Å². The number of aromatic hydroxyl groups is 1. The van der Waals surface area contributed by atoms with E-state index in [1.807, 2.05) is 0 Å². The van der Waals surface area contributed by atoms with E-state index >= 15 is 0 Å². The van der Waals surface area contributed by atoms with Crippen LogP contribution in [0.25, 0.3) is 10.9 Å². The largest absolute Gasteiger partial charge is 0.508 e. The molecule has 0 amide bonds. The lowest BCUT2D eigenvalue weighted by Crippen LogP contribution is -2.03. The maximum atomic E-state index is 11.3. The van der Waals surface area contributed by atoms with E-state index in [-0.39, 0.29) is 16.3 Å². The third kappa shape index (κ3) is 1.67. The minimum absolute atomic E-state index is 0.0990. The monoisotopic (exact) mass is 237 g/mol. The predicted octanol–water partition coefficient (Wildman–Crippen LogP) is 2.38. The molecule has 0 spiro atoms. The first-order valence-corrected chi connectivity index (χ1v) is 4.87. The van der Waals surface area contributed by atoms with Gasteiger partial charge in [-0.1, -0.05) is 11.6 Å². The maximum Gasteiger partial charge on any atom is 0.340 e. The Bertz CT molecular complexity index is 568. The average Bonchev–Trinajstić information content (AvgIpc) is 2.28. The third-order valence-corrected chi connectivity index (χ3v) is 2.60. The molecule has 0 bridgehead atoms. The molecule has 2 rings (SSSR count). The van der Waals surface area contributed by atoms with E-state index in [1.54, 1.807) is 6.07 Å². The summed E-state index contributed by atoms with van der Waals surface area (Å²) in [5.41, 5.74) is 0.736. The van der Waals surface area contributed by atoms with Gasteiger partial charge in [-0.3, -0.25) is 4.98 Å². The van der Waals surface area contributed by atoms with Gasteiger partial charge in [0.25, 0.3) is 0 Å². The lowest BCUT2D eigenvalue weighted by Gasteiger charge is -2.05. The van der Waals surface area contributed by atoms with Crippen LogP contribution in [0.2, 0.25) is 5.02 Å². The summed E-state index contributed by atoms with van der Waals surface area (Å²) in [4.78, 5) is 15.4. The van der Waals surface area contributed by atoms with E-state index in [9.17, 15) is 9.90 Å². The van der Waals surface area contributed by atoms with Crippen molar-refractivity contribution < 1.29 is 14.6 Å². The molecule has 2 aromatic rings. The van der Waals surface area contributed by atoms with Crippen LogP contribution in [-0.4, -0.2) is 23.2 Å². The first-order chi connectivity index (χ1) is 7.63. The standard InChI is InChI=1S/C11H8ClNO3/c1-16-11(15)8-5-13-9-4-6(14)2-3-7(9)10(8)12/h2-5,14H,1H3. The van der Waals surface area contributed by atoms with Crippen molar-refractivity contribution in [3.05, 3.63) is 35.0 Å². The molecule has 5 heteroatoms. The number of methoxy groups -OCH3 is 1. The summed E-state index contributed by atoms with van der Waals surface area (Å²) in [6.45, 7) is 0. The van der Waals surface area contributed by atoms with Gasteiger partial charge in [0.15, 0.2) is 0 Å². The maximum absolute atomic E-state index is 11.3. The van der Waals surface area contributed by atoms with Crippen LogP contribution in [0.5, 0.6) is 5.75 Å². The highest BCUT2D eigenvalue weighted by Gasteiger charge is 2.14. The van der Waals surface area contributed by atoms with Crippen molar-refractivity contribution in [2.24, 2.45) is 0 Å². The van der Waals surface area contributed by atoms with Crippen molar-refractivity contribution in [3.8, 4) is 5.75 Å². The molecule has 0 atom stereocenters. The normalized spacial score (nSPS) is 10.4. The Balaban J connectivity index is 2.70. The summed E-state index contributed by atoms with van der Waals surface area (Å²) in [5, 5.41) is 10.1. The molecule has 0 fully saturated rings. The molecule has 0 saturated heterocycles. The summed E-state index contributed by atoms with van der Waals surface area (Å²) < 4.78 is 4.58. The average molecular weight is 238 g/mol. The lowest BCUT2D eigenvalue weighted by molar-refractivity contribution is 0.0600. The smallest absolute Gasteiger partial charge is 0.340 e. The van der Waals surface area contributed by atoms with Crippen molar-refractivity contribution in [2.45, 2.75) is 0 Å². The fraction of sp³-hybridized carbons (Fsp3) is 0.0909. The van der Waals surface area contributed by atoms with E-state index < -0.39 is 5.97 Å². The van der Waals surface area contributed by atoms with Gasteiger partial charge < -0.3 is 9.84 Å². The molecule has 1 N–H and O–H groups in total. The number of hydrogen-bond donors (Lipinski definition) is 1. The quantitative estimate of drug-likeness (QED) is 0.774. The molecule has 0 unspecified atom stereocenters. The summed E-state index contributed by atoms with van der Waals surface area (Å²) in [6, 6.07) is 4.56. The summed E-state index contributed by atoms with van der Waals surface area (Å²) >= 11 is 6.05. The van der Waals surface area contributed by atoms with Gasteiger partial charge in [-0.2, -0.15) is 0 Å². The second kappa shape index (κ2) is 3.98. The Kier molecular flexibility index (Phi) is 2.66. The van der Waals surface area contributed by atoms with Gasteiger partial charge >= 0.3 is 5.97 Å². The molecule has 1 heterocycles. The molecule has 1 aromatic heterocycles. The van der Waals surface area contributed by atoms with Crippen LogP contribution in [-0.2, 0) is 4.74 Å². The number of ether oxygens (including phenoxy) is 1. The number of esters is 1. The number of nitrogens with zero attached hydrogens (tertiary/aromatic N) is 1. The number of halogens is 1. The first kappa shape index (κ1) is 10.7. The number of aromatic nitrogens is 1. The Morgan fingerprint density at radius 1 is 1.50 bits per heavy atom. The molecule has 0 aliphatic carbocycles. The predicted molar refractivity (Wildman–Crippen MR) is 59.8 cm³/mol. The van der Waals surface area contributed by atoms with Gasteiger partial charge in [0.05, 0.1) is 23.2 Å². The van der Waals surface area contributed by atoms with Crippen LogP contribution >= 0.6 is 11.6 Å². The third-order valence-electron chi connectivity index (χ3n) is 2.19. The van der Waals surface area contributed by atoms with Gasteiger partial charge in [-0.15, -0.1) is 0 Å². The molecule has 1 aromatic carbocycles. The number of pyridine rings is 1. The summed E-state index contributed by atoms with van der Waals surface area (Å²) in [5.74, 6) is -0.436. The number of rotatable bonds is 1. The molecule has 0 saturated carbocycles. The second-order valence-corrected chi connectivity index (χ2v) is 3.56. The van der Waals surface area contributed by atoms with Gasteiger partial charge in [0, 0.05) is 17.6 Å². The van der Waals surface area contributed by atoms with Crippen molar-refractivity contribution in [1.29, 1.82) is 0 Å². The minimum atomic E-state index is -0.535. The highest BCUT2D eigenvalue weighted by Crippen LogP contribution is 2.28. The number of benzene rings is 1. The van der Waals surface area contributed by atoms with E-state index in [4.69, 9.17) is 11.6 Å². The number of carbonyl (C=O) groups excluding carboxylic acids is 1. The lowest BCUT2D eigenvalue weighted by atomic mass is 10.1. The van der Waals surface area contributed by atoms with Crippen LogP contribution < -0.4 is 0 Å². The molecule has 16 heavy (non-hydrogen) atoms. The summed E-state index contributed by atoms with van der Waals surface area (Å²) in [7, 11) is 1.28. The topological polar surface area (TPSA) is 59.4 Å².